The van der Waals surface area contributed by atoms with Crippen LogP contribution in [0.15, 0.2) is 12.2 Å². The standard InChI is InChI=1S/C13H15NO2/c1-15-12-8(5-14)11-9-6-2-3-7(4-6)10(9)13(12)16-11/h2-3,6-13H,4H2,1H3. The quantitative estimate of drug-likeness (QED) is 0.623. The summed E-state index contributed by atoms with van der Waals surface area (Å²) in [4.78, 5) is 0. The van der Waals surface area contributed by atoms with Crippen LogP contribution in [-0.4, -0.2) is 25.4 Å². The number of hydrogen-bond acceptors (Lipinski definition) is 3. The Balaban J connectivity index is 1.74. The molecule has 0 spiro atoms. The Morgan fingerprint density at radius 2 is 1.94 bits per heavy atom. The van der Waals surface area contributed by atoms with Crippen molar-refractivity contribution in [3.63, 3.8) is 0 Å². The zero-order valence-electron chi connectivity index (χ0n) is 9.24. The van der Waals surface area contributed by atoms with Crippen molar-refractivity contribution in [3.05, 3.63) is 12.2 Å². The zero-order chi connectivity index (χ0) is 10.9. The topological polar surface area (TPSA) is 42.2 Å². The molecule has 3 nitrogen and oxygen atoms in total. The Morgan fingerprint density at radius 3 is 2.56 bits per heavy atom. The molecule has 2 heterocycles. The van der Waals surface area contributed by atoms with Gasteiger partial charge in [-0.05, 0) is 30.1 Å². The minimum absolute atomic E-state index is 0.00370. The highest BCUT2D eigenvalue weighted by Crippen LogP contribution is 2.61. The monoisotopic (exact) mass is 217 g/mol. The van der Waals surface area contributed by atoms with Crippen molar-refractivity contribution in [1.82, 2.24) is 0 Å². The van der Waals surface area contributed by atoms with Crippen molar-refractivity contribution in [2.75, 3.05) is 7.11 Å². The second-order valence-corrected chi connectivity index (χ2v) is 5.52. The molecule has 4 bridgehead atoms. The van der Waals surface area contributed by atoms with Gasteiger partial charge in [0.25, 0.3) is 0 Å². The average Bonchev–Trinajstić information content (AvgIpc) is 3.03. The first-order chi connectivity index (χ1) is 7.85. The van der Waals surface area contributed by atoms with Crippen LogP contribution < -0.4 is 0 Å². The zero-order valence-corrected chi connectivity index (χ0v) is 9.24. The van der Waals surface area contributed by atoms with Crippen LogP contribution in [0.2, 0.25) is 0 Å². The third-order valence-corrected chi connectivity index (χ3v) is 5.11. The molecule has 0 aromatic rings. The van der Waals surface area contributed by atoms with Crippen LogP contribution in [-0.2, 0) is 9.47 Å². The van der Waals surface area contributed by atoms with Crippen molar-refractivity contribution in [2.24, 2.45) is 29.6 Å². The molecule has 2 aliphatic carbocycles. The summed E-state index contributed by atoms with van der Waals surface area (Å²) < 4.78 is 11.5. The number of methoxy groups -OCH3 is 1. The Morgan fingerprint density at radius 1 is 1.25 bits per heavy atom. The largest absolute Gasteiger partial charge is 0.377 e. The molecule has 0 aromatic carbocycles. The maximum Gasteiger partial charge on any atom is 0.102 e. The molecular weight excluding hydrogens is 202 g/mol. The molecule has 0 N–H and O–H groups in total. The molecule has 8 atom stereocenters. The lowest BCUT2D eigenvalue weighted by atomic mass is 9.68. The van der Waals surface area contributed by atoms with Crippen LogP contribution in [0.1, 0.15) is 6.42 Å². The lowest BCUT2D eigenvalue weighted by molar-refractivity contribution is -0.00549. The maximum atomic E-state index is 9.25. The summed E-state index contributed by atoms with van der Waals surface area (Å²) in [6.45, 7) is 0. The van der Waals surface area contributed by atoms with Gasteiger partial charge in [0.2, 0.25) is 0 Å². The van der Waals surface area contributed by atoms with E-state index in [1.807, 2.05) is 0 Å². The first-order valence-electron chi connectivity index (χ1n) is 6.11. The molecule has 8 unspecified atom stereocenters. The van der Waals surface area contributed by atoms with E-state index in [0.29, 0.717) is 23.7 Å². The van der Waals surface area contributed by atoms with Gasteiger partial charge in [0.05, 0.1) is 18.3 Å². The summed E-state index contributed by atoms with van der Waals surface area (Å²) in [5.74, 6) is 2.51. The molecule has 1 saturated carbocycles. The number of ether oxygens (including phenoxy) is 2. The fraction of sp³-hybridized carbons (Fsp3) is 0.769. The third-order valence-electron chi connectivity index (χ3n) is 5.11. The molecule has 2 aliphatic heterocycles. The maximum absolute atomic E-state index is 9.25. The van der Waals surface area contributed by atoms with Crippen molar-refractivity contribution < 1.29 is 9.47 Å². The molecule has 0 amide bonds. The predicted octanol–water partition coefficient (Wildman–Crippen LogP) is 1.36. The number of fused-ring (bicyclic) bond motifs is 9. The van der Waals surface area contributed by atoms with E-state index in [-0.39, 0.29) is 24.2 Å². The number of hydrogen-bond donors (Lipinski definition) is 0. The second-order valence-electron chi connectivity index (χ2n) is 5.52. The highest BCUT2D eigenvalue weighted by Gasteiger charge is 2.66. The highest BCUT2D eigenvalue weighted by molar-refractivity contribution is 5.25. The molecule has 0 radical (unpaired) electrons. The predicted molar refractivity (Wildman–Crippen MR) is 56.3 cm³/mol. The SMILES string of the molecule is COC1C(C#N)C2OC1C1C3C=CC(C3)C21. The van der Waals surface area contributed by atoms with E-state index in [1.54, 1.807) is 7.11 Å². The van der Waals surface area contributed by atoms with Crippen molar-refractivity contribution in [1.29, 1.82) is 5.26 Å². The van der Waals surface area contributed by atoms with E-state index in [2.05, 4.69) is 18.2 Å². The van der Waals surface area contributed by atoms with Gasteiger partial charge in [-0.3, -0.25) is 0 Å². The van der Waals surface area contributed by atoms with Crippen LogP contribution in [0.4, 0.5) is 0 Å². The van der Waals surface area contributed by atoms with Crippen LogP contribution in [0.5, 0.6) is 0 Å². The van der Waals surface area contributed by atoms with Gasteiger partial charge < -0.3 is 9.47 Å². The van der Waals surface area contributed by atoms with E-state index in [0.717, 1.165) is 0 Å². The Bertz CT molecular complexity index is 399. The average molecular weight is 217 g/mol. The summed E-state index contributed by atoms with van der Waals surface area (Å²) >= 11 is 0. The molecule has 16 heavy (non-hydrogen) atoms. The Kier molecular flexibility index (Phi) is 1.66. The minimum atomic E-state index is -0.0519. The van der Waals surface area contributed by atoms with Gasteiger partial charge in [0.1, 0.15) is 12.0 Å². The van der Waals surface area contributed by atoms with Gasteiger partial charge in [-0.1, -0.05) is 12.2 Å². The molecule has 3 fully saturated rings. The molecule has 84 valence electrons. The number of rotatable bonds is 1. The number of nitrogens with zero attached hydrogens (tertiary/aromatic N) is 1. The van der Waals surface area contributed by atoms with Crippen molar-refractivity contribution in [2.45, 2.75) is 24.7 Å². The van der Waals surface area contributed by atoms with Gasteiger partial charge in [-0.15, -0.1) is 0 Å². The Hall–Kier alpha value is -0.850. The second kappa shape index (κ2) is 2.88. The fourth-order valence-electron chi connectivity index (χ4n) is 4.63. The smallest absolute Gasteiger partial charge is 0.102 e. The van der Waals surface area contributed by atoms with Crippen LogP contribution in [0.3, 0.4) is 0 Å². The van der Waals surface area contributed by atoms with Crippen LogP contribution in [0, 0.1) is 40.9 Å². The third kappa shape index (κ3) is 0.837. The first-order valence-corrected chi connectivity index (χ1v) is 6.11. The lowest BCUT2D eigenvalue weighted by Gasteiger charge is -2.35. The molecule has 0 aromatic heterocycles. The molecular formula is C13H15NO2. The van der Waals surface area contributed by atoms with Crippen molar-refractivity contribution in [3.8, 4) is 6.07 Å². The molecule has 4 aliphatic rings. The molecule has 3 heteroatoms. The van der Waals surface area contributed by atoms with Gasteiger partial charge in [-0.25, -0.2) is 0 Å². The number of nitriles is 1. The minimum Gasteiger partial charge on any atom is -0.377 e. The van der Waals surface area contributed by atoms with Gasteiger partial charge in [-0.2, -0.15) is 5.26 Å². The van der Waals surface area contributed by atoms with Crippen molar-refractivity contribution >= 4 is 0 Å². The highest BCUT2D eigenvalue weighted by atomic mass is 16.6. The summed E-state index contributed by atoms with van der Waals surface area (Å²) in [5.41, 5.74) is 0. The van der Waals surface area contributed by atoms with E-state index < -0.39 is 0 Å². The lowest BCUT2D eigenvalue weighted by Crippen LogP contribution is -2.45. The molecule has 2 saturated heterocycles. The summed E-state index contributed by atoms with van der Waals surface area (Å²) in [7, 11) is 1.71. The van der Waals surface area contributed by atoms with Crippen LogP contribution >= 0.6 is 0 Å². The summed E-state index contributed by atoms with van der Waals surface area (Å²) in [6.07, 6.45) is 6.27. The fourth-order valence-corrected chi connectivity index (χ4v) is 4.63. The van der Waals surface area contributed by atoms with E-state index >= 15 is 0 Å². The normalized spacial score (nSPS) is 60.2. The van der Waals surface area contributed by atoms with Gasteiger partial charge >= 0.3 is 0 Å². The van der Waals surface area contributed by atoms with Crippen LogP contribution in [0.25, 0.3) is 0 Å². The van der Waals surface area contributed by atoms with Gasteiger partial charge in [0.15, 0.2) is 0 Å². The van der Waals surface area contributed by atoms with Gasteiger partial charge in [0, 0.05) is 7.11 Å². The summed E-state index contributed by atoms with van der Waals surface area (Å²) in [6, 6.07) is 2.39. The first kappa shape index (κ1) is 9.21. The molecule has 4 rings (SSSR count). The Labute approximate surface area is 95.0 Å². The van der Waals surface area contributed by atoms with E-state index in [4.69, 9.17) is 9.47 Å². The number of allylic oxidation sites excluding steroid dienone is 2. The van der Waals surface area contributed by atoms with E-state index in [9.17, 15) is 5.26 Å². The summed E-state index contributed by atoms with van der Waals surface area (Å²) in [5, 5.41) is 9.25. The van der Waals surface area contributed by atoms with E-state index in [1.165, 1.54) is 6.42 Å².